The van der Waals surface area contributed by atoms with E-state index >= 15 is 0 Å². The van der Waals surface area contributed by atoms with E-state index in [9.17, 15) is 24.3 Å². The number of carbonyl (C=O) groups excluding carboxylic acids is 3. The van der Waals surface area contributed by atoms with E-state index in [-0.39, 0.29) is 13.0 Å². The molecule has 3 atom stereocenters. The van der Waals surface area contributed by atoms with Gasteiger partial charge in [0.15, 0.2) is 0 Å². The molecular weight excluding hydrogens is 276 g/mol. The van der Waals surface area contributed by atoms with E-state index in [1.54, 1.807) is 19.1 Å². The van der Waals surface area contributed by atoms with Crippen LogP contribution in [0.1, 0.15) is 26.2 Å². The Hall–Kier alpha value is -2.18. The molecule has 3 unspecified atom stereocenters. The zero-order valence-electron chi connectivity index (χ0n) is 11.7. The SMILES string of the molecule is CCC1C(=O)NC(=O)CN1C(=O)C1CC=CCC1C(=O)O. The van der Waals surface area contributed by atoms with Crippen LogP contribution < -0.4 is 5.32 Å². The van der Waals surface area contributed by atoms with Gasteiger partial charge < -0.3 is 10.0 Å². The van der Waals surface area contributed by atoms with Gasteiger partial charge in [-0.3, -0.25) is 24.5 Å². The number of rotatable bonds is 3. The predicted molar refractivity (Wildman–Crippen MR) is 71.9 cm³/mol. The molecule has 0 spiro atoms. The minimum atomic E-state index is -1.03. The lowest BCUT2D eigenvalue weighted by atomic mass is 9.81. The van der Waals surface area contributed by atoms with Crippen LogP contribution in [0, 0.1) is 11.8 Å². The number of carboxylic acid groups (broad SMARTS) is 1. The number of nitrogens with one attached hydrogen (secondary N) is 1. The van der Waals surface area contributed by atoms with Gasteiger partial charge in [-0.15, -0.1) is 0 Å². The third-order valence-electron chi connectivity index (χ3n) is 3.99. The Morgan fingerprint density at radius 2 is 1.90 bits per heavy atom. The summed E-state index contributed by atoms with van der Waals surface area (Å²) in [5, 5.41) is 11.4. The van der Waals surface area contributed by atoms with Crippen molar-refractivity contribution in [3.63, 3.8) is 0 Å². The van der Waals surface area contributed by atoms with Gasteiger partial charge in [0.1, 0.15) is 12.6 Å². The summed E-state index contributed by atoms with van der Waals surface area (Å²) in [5.74, 6) is -4.02. The molecule has 0 radical (unpaired) electrons. The zero-order valence-corrected chi connectivity index (χ0v) is 11.7. The first kappa shape index (κ1) is 15.2. The number of carbonyl (C=O) groups is 4. The van der Waals surface area contributed by atoms with Crippen molar-refractivity contribution in [2.45, 2.75) is 32.2 Å². The van der Waals surface area contributed by atoms with E-state index < -0.39 is 41.6 Å². The Kier molecular flexibility index (Phi) is 4.40. The molecule has 1 aliphatic heterocycles. The van der Waals surface area contributed by atoms with Gasteiger partial charge in [0.2, 0.25) is 17.7 Å². The summed E-state index contributed by atoms with van der Waals surface area (Å²) in [7, 11) is 0. The molecule has 2 rings (SSSR count). The van der Waals surface area contributed by atoms with Gasteiger partial charge in [-0.2, -0.15) is 0 Å². The van der Waals surface area contributed by atoms with Crippen molar-refractivity contribution in [3.8, 4) is 0 Å². The summed E-state index contributed by atoms with van der Waals surface area (Å²) >= 11 is 0. The summed E-state index contributed by atoms with van der Waals surface area (Å²) in [4.78, 5) is 48.4. The second-order valence-corrected chi connectivity index (χ2v) is 5.30. The number of carboxylic acids is 1. The maximum Gasteiger partial charge on any atom is 0.307 e. The number of hydrogen-bond acceptors (Lipinski definition) is 4. The topological polar surface area (TPSA) is 104 Å². The van der Waals surface area contributed by atoms with E-state index in [1.807, 2.05) is 0 Å². The summed E-state index contributed by atoms with van der Waals surface area (Å²) in [6.45, 7) is 1.55. The fourth-order valence-electron chi connectivity index (χ4n) is 2.88. The van der Waals surface area contributed by atoms with Crippen molar-refractivity contribution in [2.24, 2.45) is 11.8 Å². The molecule has 0 aromatic carbocycles. The first-order chi connectivity index (χ1) is 9.95. The van der Waals surface area contributed by atoms with Gasteiger partial charge in [-0.05, 0) is 19.3 Å². The van der Waals surface area contributed by atoms with E-state index in [1.165, 1.54) is 4.90 Å². The largest absolute Gasteiger partial charge is 0.481 e. The molecule has 0 aromatic rings. The van der Waals surface area contributed by atoms with Crippen LogP contribution in [0.4, 0.5) is 0 Å². The Balaban J connectivity index is 2.23. The first-order valence-electron chi connectivity index (χ1n) is 6.97. The van der Waals surface area contributed by atoms with Crippen molar-refractivity contribution in [2.75, 3.05) is 6.54 Å². The molecule has 1 aliphatic carbocycles. The second-order valence-electron chi connectivity index (χ2n) is 5.30. The van der Waals surface area contributed by atoms with Gasteiger partial charge in [0, 0.05) is 0 Å². The molecule has 0 saturated carbocycles. The number of nitrogens with zero attached hydrogens (tertiary/aromatic N) is 1. The van der Waals surface area contributed by atoms with Crippen LogP contribution in [0.5, 0.6) is 0 Å². The fourth-order valence-corrected chi connectivity index (χ4v) is 2.88. The van der Waals surface area contributed by atoms with Gasteiger partial charge in [0.05, 0.1) is 11.8 Å². The molecule has 3 amide bonds. The highest BCUT2D eigenvalue weighted by Gasteiger charge is 2.42. The lowest BCUT2D eigenvalue weighted by Gasteiger charge is -2.37. The lowest BCUT2D eigenvalue weighted by molar-refractivity contribution is -0.156. The molecule has 1 saturated heterocycles. The minimum Gasteiger partial charge on any atom is -0.481 e. The van der Waals surface area contributed by atoms with Crippen LogP contribution in [0.2, 0.25) is 0 Å². The highest BCUT2D eigenvalue weighted by molar-refractivity contribution is 6.04. The summed E-state index contributed by atoms with van der Waals surface area (Å²) < 4.78 is 0. The van der Waals surface area contributed by atoms with Crippen molar-refractivity contribution >= 4 is 23.7 Å². The fraction of sp³-hybridized carbons (Fsp3) is 0.571. The molecule has 7 nitrogen and oxygen atoms in total. The molecule has 7 heteroatoms. The molecule has 2 aliphatic rings. The average Bonchev–Trinajstić information content (AvgIpc) is 2.45. The van der Waals surface area contributed by atoms with Crippen LogP contribution >= 0.6 is 0 Å². The van der Waals surface area contributed by atoms with Crippen molar-refractivity contribution in [1.82, 2.24) is 10.2 Å². The van der Waals surface area contributed by atoms with Gasteiger partial charge in [-0.25, -0.2) is 0 Å². The highest BCUT2D eigenvalue weighted by Crippen LogP contribution is 2.29. The van der Waals surface area contributed by atoms with Gasteiger partial charge >= 0.3 is 5.97 Å². The lowest BCUT2D eigenvalue weighted by Crippen LogP contribution is -2.61. The zero-order chi connectivity index (χ0) is 15.6. The van der Waals surface area contributed by atoms with E-state index in [0.29, 0.717) is 12.8 Å². The minimum absolute atomic E-state index is 0.199. The molecule has 114 valence electrons. The second kappa shape index (κ2) is 6.07. The number of hydrogen-bond donors (Lipinski definition) is 2. The van der Waals surface area contributed by atoms with Gasteiger partial charge in [-0.1, -0.05) is 19.1 Å². The predicted octanol–water partition coefficient (Wildman–Crippen LogP) is -0.0830. The van der Waals surface area contributed by atoms with Crippen molar-refractivity contribution < 1.29 is 24.3 Å². The monoisotopic (exact) mass is 294 g/mol. The Labute approximate surface area is 122 Å². The number of allylic oxidation sites excluding steroid dienone is 2. The molecule has 1 fully saturated rings. The molecule has 21 heavy (non-hydrogen) atoms. The standard InChI is InChI=1S/C14H18N2O5/c1-2-10-12(18)15-11(17)7-16(10)13(19)8-5-3-4-6-9(8)14(20)21/h3-4,8-10H,2,5-7H2,1H3,(H,20,21)(H,15,17,18). The van der Waals surface area contributed by atoms with Crippen LogP contribution in [-0.4, -0.2) is 46.3 Å². The average molecular weight is 294 g/mol. The van der Waals surface area contributed by atoms with Crippen LogP contribution in [0.3, 0.4) is 0 Å². The maximum atomic E-state index is 12.6. The molecule has 1 heterocycles. The van der Waals surface area contributed by atoms with Crippen LogP contribution in [0.25, 0.3) is 0 Å². The summed E-state index contributed by atoms with van der Waals surface area (Å²) in [6, 6.07) is -0.712. The number of amides is 3. The highest BCUT2D eigenvalue weighted by atomic mass is 16.4. The van der Waals surface area contributed by atoms with E-state index in [2.05, 4.69) is 5.32 Å². The van der Waals surface area contributed by atoms with Gasteiger partial charge in [0.25, 0.3) is 0 Å². The third-order valence-corrected chi connectivity index (χ3v) is 3.99. The van der Waals surface area contributed by atoms with Crippen LogP contribution in [-0.2, 0) is 19.2 Å². The molecule has 0 aromatic heterocycles. The Morgan fingerprint density at radius 3 is 2.48 bits per heavy atom. The normalized spacial score (nSPS) is 29.2. The third kappa shape index (κ3) is 2.96. The van der Waals surface area contributed by atoms with E-state index in [0.717, 1.165) is 0 Å². The van der Waals surface area contributed by atoms with E-state index in [4.69, 9.17) is 0 Å². The number of piperazine rings is 1. The summed E-state index contributed by atoms with van der Waals surface area (Å²) in [5.41, 5.74) is 0. The Bertz CT molecular complexity index is 513. The molecule has 2 N–H and O–H groups in total. The molecule has 0 bridgehead atoms. The summed E-state index contributed by atoms with van der Waals surface area (Å²) in [6.07, 6.45) is 4.50. The van der Waals surface area contributed by atoms with Crippen molar-refractivity contribution in [1.29, 1.82) is 0 Å². The number of imide groups is 1. The first-order valence-corrected chi connectivity index (χ1v) is 6.97. The molecular formula is C14H18N2O5. The van der Waals surface area contributed by atoms with Crippen LogP contribution in [0.15, 0.2) is 12.2 Å². The quantitative estimate of drug-likeness (QED) is 0.559. The smallest absolute Gasteiger partial charge is 0.307 e. The van der Waals surface area contributed by atoms with Crippen molar-refractivity contribution in [3.05, 3.63) is 12.2 Å². The Morgan fingerprint density at radius 1 is 1.29 bits per heavy atom. The maximum absolute atomic E-state index is 12.6. The number of aliphatic carboxylic acids is 1.